The lowest BCUT2D eigenvalue weighted by Crippen LogP contribution is -2.50. The molecule has 2 amide bonds. The number of ether oxygens (including phenoxy) is 1. The van der Waals surface area contributed by atoms with E-state index in [1.54, 1.807) is 20.8 Å². The van der Waals surface area contributed by atoms with E-state index in [-0.39, 0.29) is 30.1 Å². The highest BCUT2D eigenvalue weighted by atomic mass is 19.1. The molecule has 0 bridgehead atoms. The van der Waals surface area contributed by atoms with E-state index in [9.17, 15) is 19.2 Å². The highest BCUT2D eigenvalue weighted by molar-refractivity contribution is 5.87. The highest BCUT2D eigenvalue weighted by Gasteiger charge is 2.45. The zero-order valence-corrected chi connectivity index (χ0v) is 17.9. The van der Waals surface area contributed by atoms with Crippen molar-refractivity contribution >= 4 is 17.7 Å². The zero-order chi connectivity index (χ0) is 22.8. The Bertz CT molecular complexity index is 946. The molecule has 1 aromatic carbocycles. The maximum Gasteiger partial charge on any atom is 0.411 e. The predicted molar refractivity (Wildman–Crippen MR) is 110 cm³/mol. The SMILES string of the molecule is CC(C)(C)OC(=O)N1C[C@@H](Nc2ccc(C#N)cc2F)C[C@H]1C(=O)N1CCC[C@H]1C#N. The van der Waals surface area contributed by atoms with E-state index in [0.717, 1.165) is 12.5 Å². The van der Waals surface area contributed by atoms with Crippen LogP contribution >= 0.6 is 0 Å². The van der Waals surface area contributed by atoms with E-state index in [4.69, 9.17) is 10.00 Å². The van der Waals surface area contributed by atoms with Gasteiger partial charge in [-0.2, -0.15) is 10.5 Å². The number of nitrogens with zero attached hydrogens (tertiary/aromatic N) is 4. The molecule has 0 aliphatic carbocycles. The fourth-order valence-corrected chi connectivity index (χ4v) is 3.97. The summed E-state index contributed by atoms with van der Waals surface area (Å²) in [6.07, 6.45) is 0.982. The van der Waals surface area contributed by atoms with Crippen LogP contribution in [0, 0.1) is 28.5 Å². The smallest absolute Gasteiger partial charge is 0.411 e. The number of nitriles is 2. The largest absolute Gasteiger partial charge is 0.444 e. The van der Waals surface area contributed by atoms with Crippen LogP contribution in [-0.2, 0) is 9.53 Å². The number of rotatable bonds is 3. The van der Waals surface area contributed by atoms with Crippen LogP contribution in [0.5, 0.6) is 0 Å². The molecule has 31 heavy (non-hydrogen) atoms. The van der Waals surface area contributed by atoms with Crippen molar-refractivity contribution < 1.29 is 18.7 Å². The molecule has 2 fully saturated rings. The van der Waals surface area contributed by atoms with Gasteiger partial charge in [-0.05, 0) is 58.2 Å². The summed E-state index contributed by atoms with van der Waals surface area (Å²) in [5, 5.41) is 21.3. The number of carbonyl (C=O) groups excluding carboxylic acids is 2. The predicted octanol–water partition coefficient (Wildman–Crippen LogP) is 3.00. The van der Waals surface area contributed by atoms with Gasteiger partial charge in [-0.15, -0.1) is 0 Å². The third-order valence-corrected chi connectivity index (χ3v) is 5.36. The summed E-state index contributed by atoms with van der Waals surface area (Å²) >= 11 is 0. The molecule has 0 aromatic heterocycles. The molecule has 1 N–H and O–H groups in total. The molecule has 2 heterocycles. The van der Waals surface area contributed by atoms with Crippen molar-refractivity contribution in [1.82, 2.24) is 9.80 Å². The lowest BCUT2D eigenvalue weighted by molar-refractivity contribution is -0.135. The van der Waals surface area contributed by atoms with Crippen LogP contribution in [0.15, 0.2) is 18.2 Å². The molecule has 2 saturated heterocycles. The Kier molecular flexibility index (Phi) is 6.35. The second-order valence-corrected chi connectivity index (χ2v) is 8.85. The molecule has 3 atom stereocenters. The number of hydrogen-bond donors (Lipinski definition) is 1. The Balaban J connectivity index is 1.81. The van der Waals surface area contributed by atoms with Gasteiger partial charge in [0.05, 0.1) is 23.4 Å². The lowest BCUT2D eigenvalue weighted by atomic mass is 10.1. The number of amides is 2. The fourth-order valence-electron chi connectivity index (χ4n) is 3.97. The van der Waals surface area contributed by atoms with Crippen molar-refractivity contribution in [3.63, 3.8) is 0 Å². The first-order valence-corrected chi connectivity index (χ1v) is 10.3. The van der Waals surface area contributed by atoms with Gasteiger partial charge in [0.1, 0.15) is 23.5 Å². The minimum atomic E-state index is -0.803. The summed E-state index contributed by atoms with van der Waals surface area (Å²) in [5.41, 5.74) is -0.343. The monoisotopic (exact) mass is 427 g/mol. The summed E-state index contributed by atoms with van der Waals surface area (Å²) in [6.45, 7) is 5.84. The van der Waals surface area contributed by atoms with Crippen molar-refractivity contribution in [2.45, 2.75) is 63.8 Å². The summed E-state index contributed by atoms with van der Waals surface area (Å²) in [5.74, 6) is -0.874. The van der Waals surface area contributed by atoms with Crippen LogP contribution in [0.1, 0.15) is 45.6 Å². The van der Waals surface area contributed by atoms with E-state index in [0.29, 0.717) is 13.0 Å². The summed E-state index contributed by atoms with van der Waals surface area (Å²) in [6, 6.07) is 6.42. The summed E-state index contributed by atoms with van der Waals surface area (Å²) < 4.78 is 19.8. The van der Waals surface area contributed by atoms with Gasteiger partial charge in [0, 0.05) is 19.1 Å². The van der Waals surface area contributed by atoms with Crippen molar-refractivity contribution in [2.75, 3.05) is 18.4 Å². The Morgan fingerprint density at radius 1 is 1.26 bits per heavy atom. The first-order chi connectivity index (χ1) is 14.6. The molecule has 2 aliphatic rings. The van der Waals surface area contributed by atoms with Crippen LogP contribution < -0.4 is 5.32 Å². The minimum Gasteiger partial charge on any atom is -0.444 e. The molecule has 0 radical (unpaired) electrons. The molecule has 0 spiro atoms. The number of nitrogens with one attached hydrogen (secondary N) is 1. The molecule has 8 nitrogen and oxygen atoms in total. The molecule has 2 aliphatic heterocycles. The normalized spacial score (nSPS) is 23.2. The van der Waals surface area contributed by atoms with Gasteiger partial charge in [0.25, 0.3) is 0 Å². The Morgan fingerprint density at radius 2 is 2.00 bits per heavy atom. The van der Waals surface area contributed by atoms with Crippen LogP contribution in [0.4, 0.5) is 14.9 Å². The molecule has 3 rings (SSSR count). The van der Waals surface area contributed by atoms with Gasteiger partial charge in [0.15, 0.2) is 0 Å². The molecule has 0 saturated carbocycles. The van der Waals surface area contributed by atoms with E-state index in [1.807, 2.05) is 6.07 Å². The minimum absolute atomic E-state index is 0.149. The zero-order valence-electron chi connectivity index (χ0n) is 17.9. The third kappa shape index (κ3) is 5.05. The van der Waals surface area contributed by atoms with Gasteiger partial charge in [0.2, 0.25) is 5.91 Å². The Labute approximate surface area is 181 Å². The highest BCUT2D eigenvalue weighted by Crippen LogP contribution is 2.29. The van der Waals surface area contributed by atoms with Crippen molar-refractivity contribution in [3.05, 3.63) is 29.6 Å². The van der Waals surface area contributed by atoms with Gasteiger partial charge < -0.3 is 15.0 Å². The summed E-state index contributed by atoms with van der Waals surface area (Å²) in [4.78, 5) is 28.9. The average molecular weight is 427 g/mol. The maximum absolute atomic E-state index is 14.3. The molecule has 9 heteroatoms. The summed E-state index contributed by atoms with van der Waals surface area (Å²) in [7, 11) is 0. The van der Waals surface area contributed by atoms with Gasteiger partial charge >= 0.3 is 6.09 Å². The van der Waals surface area contributed by atoms with E-state index in [1.165, 1.54) is 21.9 Å². The number of hydrogen-bond acceptors (Lipinski definition) is 6. The van der Waals surface area contributed by atoms with Crippen molar-refractivity contribution in [2.24, 2.45) is 0 Å². The maximum atomic E-state index is 14.3. The number of halogens is 1. The molecule has 1 aromatic rings. The Hall–Kier alpha value is -3.33. The molecule has 0 unspecified atom stereocenters. The lowest BCUT2D eigenvalue weighted by Gasteiger charge is -2.30. The van der Waals surface area contributed by atoms with Gasteiger partial charge in [-0.3, -0.25) is 9.69 Å². The first kappa shape index (κ1) is 22.4. The third-order valence-electron chi connectivity index (χ3n) is 5.36. The second-order valence-electron chi connectivity index (χ2n) is 8.85. The average Bonchev–Trinajstić information content (AvgIpc) is 3.34. The van der Waals surface area contributed by atoms with Crippen LogP contribution in [0.25, 0.3) is 0 Å². The van der Waals surface area contributed by atoms with E-state index < -0.39 is 35.6 Å². The van der Waals surface area contributed by atoms with Crippen LogP contribution in [0.2, 0.25) is 0 Å². The molecular formula is C22H26FN5O3. The number of carbonyl (C=O) groups is 2. The van der Waals surface area contributed by atoms with Crippen molar-refractivity contribution in [1.29, 1.82) is 10.5 Å². The fraction of sp³-hybridized carbons (Fsp3) is 0.545. The number of likely N-dealkylation sites (tertiary alicyclic amines) is 2. The molecule has 164 valence electrons. The topological polar surface area (TPSA) is 109 Å². The molecular weight excluding hydrogens is 401 g/mol. The van der Waals surface area contributed by atoms with E-state index in [2.05, 4.69) is 11.4 Å². The quantitative estimate of drug-likeness (QED) is 0.794. The van der Waals surface area contributed by atoms with Gasteiger partial charge in [-0.25, -0.2) is 9.18 Å². The number of benzene rings is 1. The van der Waals surface area contributed by atoms with E-state index >= 15 is 0 Å². The standard InChI is InChI=1S/C22H26FN5O3/c1-22(2,3)31-21(30)28-13-15(26-18-7-6-14(11-24)9-17(18)23)10-19(28)20(29)27-8-4-5-16(27)12-25/h6-7,9,15-16,19,26H,4-5,8,10,13H2,1-3H3/t15-,16-,19-/m0/s1. The Morgan fingerprint density at radius 3 is 2.61 bits per heavy atom. The van der Waals surface area contributed by atoms with Crippen LogP contribution in [-0.4, -0.2) is 58.6 Å². The number of anilines is 1. The second kappa shape index (κ2) is 8.81. The van der Waals surface area contributed by atoms with Crippen molar-refractivity contribution in [3.8, 4) is 12.1 Å². The first-order valence-electron chi connectivity index (χ1n) is 10.3. The van der Waals surface area contributed by atoms with Crippen LogP contribution in [0.3, 0.4) is 0 Å². The van der Waals surface area contributed by atoms with Gasteiger partial charge in [-0.1, -0.05) is 0 Å².